The van der Waals surface area contributed by atoms with E-state index in [-0.39, 0.29) is 37.3 Å². The Morgan fingerprint density at radius 2 is 1.68 bits per heavy atom. The third kappa shape index (κ3) is 6.19. The average molecular weight is 335 g/mol. The molecule has 0 saturated heterocycles. The molecule has 0 bridgehead atoms. The summed E-state index contributed by atoms with van der Waals surface area (Å²) in [6.45, 7) is 2.27. The molecule has 0 unspecified atom stereocenters. The predicted octanol–water partition coefficient (Wildman–Crippen LogP) is -0.172. The largest absolute Gasteiger partial charge is 0.354 e. The zero-order valence-corrected chi connectivity index (χ0v) is 13.9. The Bertz CT molecular complexity index is 384. The molecule has 22 heavy (non-hydrogen) atoms. The van der Waals surface area contributed by atoms with Crippen LogP contribution in [-0.4, -0.2) is 42.9 Å². The second-order valence-corrected chi connectivity index (χ2v) is 5.43. The molecule has 1 fully saturated rings. The van der Waals surface area contributed by atoms with Crippen molar-refractivity contribution in [1.82, 2.24) is 16.0 Å². The Morgan fingerprint density at radius 3 is 2.23 bits per heavy atom. The molecule has 8 heteroatoms. The number of carbonyl (C=O) groups excluding carboxylic acids is 3. The molecule has 7 nitrogen and oxygen atoms in total. The molecule has 0 atom stereocenters. The molecule has 5 N–H and O–H groups in total. The van der Waals surface area contributed by atoms with Crippen LogP contribution in [0.25, 0.3) is 0 Å². The van der Waals surface area contributed by atoms with Gasteiger partial charge < -0.3 is 21.7 Å². The number of halogens is 1. The average Bonchev–Trinajstić information content (AvgIpc) is 2.51. The zero-order chi connectivity index (χ0) is 15.7. The molecule has 1 saturated carbocycles. The van der Waals surface area contributed by atoms with Crippen molar-refractivity contribution in [2.75, 3.05) is 19.6 Å². The Kier molecular flexibility index (Phi) is 9.76. The van der Waals surface area contributed by atoms with Crippen LogP contribution in [0, 0.1) is 0 Å². The maximum absolute atomic E-state index is 12.4. The van der Waals surface area contributed by atoms with E-state index in [9.17, 15) is 14.4 Å². The number of rotatable bonds is 7. The summed E-state index contributed by atoms with van der Waals surface area (Å²) in [6, 6.07) is 0. The van der Waals surface area contributed by atoms with Crippen LogP contribution >= 0.6 is 12.4 Å². The van der Waals surface area contributed by atoms with Gasteiger partial charge in [-0.3, -0.25) is 14.4 Å². The molecule has 0 aromatic heterocycles. The monoisotopic (exact) mass is 334 g/mol. The predicted molar refractivity (Wildman–Crippen MR) is 86.6 cm³/mol. The highest BCUT2D eigenvalue weighted by molar-refractivity contribution is 5.93. The van der Waals surface area contributed by atoms with Crippen molar-refractivity contribution in [3.8, 4) is 0 Å². The van der Waals surface area contributed by atoms with Gasteiger partial charge in [0.15, 0.2) is 0 Å². The van der Waals surface area contributed by atoms with E-state index in [4.69, 9.17) is 5.73 Å². The Hall–Kier alpha value is -1.34. The van der Waals surface area contributed by atoms with E-state index >= 15 is 0 Å². The molecule has 3 amide bonds. The van der Waals surface area contributed by atoms with Crippen molar-refractivity contribution >= 4 is 30.1 Å². The summed E-state index contributed by atoms with van der Waals surface area (Å²) in [7, 11) is 0. The quantitative estimate of drug-likeness (QED) is 0.517. The fourth-order valence-corrected chi connectivity index (χ4v) is 2.53. The Labute approximate surface area is 137 Å². The van der Waals surface area contributed by atoms with Gasteiger partial charge in [0, 0.05) is 6.54 Å². The van der Waals surface area contributed by atoms with Crippen molar-refractivity contribution in [2.45, 2.75) is 51.0 Å². The van der Waals surface area contributed by atoms with Gasteiger partial charge in [-0.05, 0) is 19.3 Å². The first-order valence-electron chi connectivity index (χ1n) is 7.60. The normalized spacial score (nSPS) is 16.1. The van der Waals surface area contributed by atoms with Gasteiger partial charge in [0.1, 0.15) is 5.54 Å². The summed E-state index contributed by atoms with van der Waals surface area (Å²) in [5.41, 5.74) is 4.33. The molecule has 128 valence electrons. The van der Waals surface area contributed by atoms with E-state index in [2.05, 4.69) is 16.0 Å². The maximum Gasteiger partial charge on any atom is 0.245 e. The summed E-state index contributed by atoms with van der Waals surface area (Å²) in [5.74, 6) is -0.869. The topological polar surface area (TPSA) is 113 Å². The van der Waals surface area contributed by atoms with E-state index < -0.39 is 11.4 Å². The molecule has 1 aliphatic carbocycles. The van der Waals surface area contributed by atoms with Crippen molar-refractivity contribution in [2.24, 2.45) is 5.73 Å². The minimum Gasteiger partial charge on any atom is -0.354 e. The van der Waals surface area contributed by atoms with Crippen LogP contribution in [0.4, 0.5) is 0 Å². The summed E-state index contributed by atoms with van der Waals surface area (Å²) in [5, 5.41) is 8.09. The highest BCUT2D eigenvalue weighted by Gasteiger charge is 2.40. The van der Waals surface area contributed by atoms with E-state index in [0.29, 0.717) is 19.4 Å². The molecule has 0 spiro atoms. The van der Waals surface area contributed by atoms with Gasteiger partial charge in [0.2, 0.25) is 17.7 Å². The summed E-state index contributed by atoms with van der Waals surface area (Å²) in [6.07, 6.45) is 5.02. The van der Waals surface area contributed by atoms with Crippen LogP contribution in [-0.2, 0) is 14.4 Å². The van der Waals surface area contributed by atoms with Gasteiger partial charge in [-0.15, -0.1) is 12.4 Å². The number of carbonyl (C=O) groups is 3. The van der Waals surface area contributed by atoms with Crippen LogP contribution in [0.2, 0.25) is 0 Å². The van der Waals surface area contributed by atoms with Gasteiger partial charge in [0.25, 0.3) is 0 Å². The van der Waals surface area contributed by atoms with Crippen molar-refractivity contribution in [3.63, 3.8) is 0 Å². The molecule has 0 aromatic rings. The zero-order valence-electron chi connectivity index (χ0n) is 13.1. The van der Waals surface area contributed by atoms with E-state index in [1.165, 1.54) is 0 Å². The minimum atomic E-state index is -0.835. The van der Waals surface area contributed by atoms with Crippen molar-refractivity contribution < 1.29 is 14.4 Å². The van der Waals surface area contributed by atoms with Crippen molar-refractivity contribution in [3.05, 3.63) is 0 Å². The summed E-state index contributed by atoms with van der Waals surface area (Å²) >= 11 is 0. The number of nitrogens with two attached hydrogens (primary N) is 1. The van der Waals surface area contributed by atoms with Crippen molar-refractivity contribution in [1.29, 1.82) is 0 Å². The van der Waals surface area contributed by atoms with Gasteiger partial charge >= 0.3 is 0 Å². The second-order valence-electron chi connectivity index (χ2n) is 5.43. The standard InChI is InChI=1S/C14H26N4O3.ClH/c1-2-8-16-13(21)14(6-4-3-5-7-14)18-12(20)10-17-11(19)9-15;/h2-10,15H2,1H3,(H,16,21)(H,17,19)(H,18,20);1H. The first-order valence-corrected chi connectivity index (χ1v) is 7.60. The molecular weight excluding hydrogens is 308 g/mol. The lowest BCUT2D eigenvalue weighted by Crippen LogP contribution is -2.61. The Morgan fingerprint density at radius 1 is 1.05 bits per heavy atom. The molecule has 0 radical (unpaired) electrons. The van der Waals surface area contributed by atoms with Gasteiger partial charge in [-0.25, -0.2) is 0 Å². The SMILES string of the molecule is CCCNC(=O)C1(NC(=O)CNC(=O)CN)CCCCC1.Cl. The minimum absolute atomic E-state index is 0. The fraction of sp³-hybridized carbons (Fsp3) is 0.786. The van der Waals surface area contributed by atoms with Crippen LogP contribution in [0.3, 0.4) is 0 Å². The number of amides is 3. The van der Waals surface area contributed by atoms with Crippen LogP contribution < -0.4 is 21.7 Å². The first-order chi connectivity index (χ1) is 10.0. The lowest BCUT2D eigenvalue weighted by atomic mass is 9.80. The number of hydrogen-bond acceptors (Lipinski definition) is 4. The third-order valence-corrected chi connectivity index (χ3v) is 3.69. The molecule has 1 aliphatic rings. The lowest BCUT2D eigenvalue weighted by Gasteiger charge is -2.36. The van der Waals surface area contributed by atoms with Gasteiger partial charge in [-0.1, -0.05) is 26.2 Å². The van der Waals surface area contributed by atoms with Crippen LogP contribution in [0.1, 0.15) is 45.4 Å². The second kappa shape index (κ2) is 10.4. The van der Waals surface area contributed by atoms with Gasteiger partial charge in [0.05, 0.1) is 13.1 Å². The smallest absolute Gasteiger partial charge is 0.245 e. The maximum atomic E-state index is 12.4. The molecule has 0 aliphatic heterocycles. The van der Waals surface area contributed by atoms with E-state index in [1.54, 1.807) is 0 Å². The molecule has 0 heterocycles. The van der Waals surface area contributed by atoms with E-state index in [0.717, 1.165) is 25.7 Å². The Balaban J connectivity index is 0.00000441. The molecule has 1 rings (SSSR count). The highest BCUT2D eigenvalue weighted by Crippen LogP contribution is 2.28. The number of nitrogens with one attached hydrogen (secondary N) is 3. The molecular formula is C14H27ClN4O3. The lowest BCUT2D eigenvalue weighted by molar-refractivity contribution is -0.135. The summed E-state index contributed by atoms with van der Waals surface area (Å²) < 4.78 is 0. The third-order valence-electron chi connectivity index (χ3n) is 3.69. The van der Waals surface area contributed by atoms with E-state index in [1.807, 2.05) is 6.92 Å². The van der Waals surface area contributed by atoms with Crippen LogP contribution in [0.5, 0.6) is 0 Å². The molecule has 0 aromatic carbocycles. The summed E-state index contributed by atoms with van der Waals surface area (Å²) in [4.78, 5) is 35.4. The first kappa shape index (κ1) is 20.7. The fourth-order valence-electron chi connectivity index (χ4n) is 2.53. The number of hydrogen-bond donors (Lipinski definition) is 4. The van der Waals surface area contributed by atoms with Crippen LogP contribution in [0.15, 0.2) is 0 Å². The van der Waals surface area contributed by atoms with Gasteiger partial charge in [-0.2, -0.15) is 0 Å². The highest BCUT2D eigenvalue weighted by atomic mass is 35.5.